The lowest BCUT2D eigenvalue weighted by Crippen LogP contribution is -2.30. The Bertz CT molecular complexity index is 972. The highest BCUT2D eigenvalue weighted by Crippen LogP contribution is 2.18. The van der Waals surface area contributed by atoms with E-state index in [1.54, 1.807) is 30.4 Å². The second-order valence-corrected chi connectivity index (χ2v) is 6.97. The van der Waals surface area contributed by atoms with E-state index >= 15 is 0 Å². The zero-order valence-electron chi connectivity index (χ0n) is 16.7. The van der Waals surface area contributed by atoms with Crippen molar-refractivity contribution < 1.29 is 4.79 Å². The molecule has 6 heteroatoms. The van der Waals surface area contributed by atoms with Gasteiger partial charge in [-0.2, -0.15) is 0 Å². The highest BCUT2D eigenvalue weighted by Gasteiger charge is 2.15. The molecule has 0 aliphatic carbocycles. The van der Waals surface area contributed by atoms with Crippen LogP contribution in [0.15, 0.2) is 48.8 Å². The Morgan fingerprint density at radius 3 is 2.46 bits per heavy atom. The first-order valence-electron chi connectivity index (χ1n) is 9.26. The Hall–Kier alpha value is -3.28. The van der Waals surface area contributed by atoms with Crippen molar-refractivity contribution >= 4 is 17.5 Å². The van der Waals surface area contributed by atoms with Crippen molar-refractivity contribution in [3.8, 4) is 0 Å². The van der Waals surface area contributed by atoms with Gasteiger partial charge in [-0.05, 0) is 74.2 Å². The van der Waals surface area contributed by atoms with Crippen LogP contribution in [0, 0.1) is 20.8 Å². The lowest BCUT2D eigenvalue weighted by molar-refractivity contribution is 0.0790. The van der Waals surface area contributed by atoms with E-state index in [2.05, 4.69) is 34.1 Å². The van der Waals surface area contributed by atoms with Gasteiger partial charge in [-0.3, -0.25) is 9.78 Å². The maximum Gasteiger partial charge on any atom is 0.272 e. The van der Waals surface area contributed by atoms with Crippen LogP contribution in [0.1, 0.15) is 32.9 Å². The summed E-state index contributed by atoms with van der Waals surface area (Å²) < 4.78 is 0. The van der Waals surface area contributed by atoms with E-state index in [4.69, 9.17) is 0 Å². The minimum absolute atomic E-state index is 0.123. The van der Waals surface area contributed by atoms with Gasteiger partial charge in [0, 0.05) is 37.4 Å². The van der Waals surface area contributed by atoms with Crippen LogP contribution < -0.4 is 5.32 Å². The van der Waals surface area contributed by atoms with Crippen molar-refractivity contribution in [1.29, 1.82) is 0 Å². The number of aryl methyl sites for hydroxylation is 3. The summed E-state index contributed by atoms with van der Waals surface area (Å²) in [6.45, 7) is 6.60. The molecule has 0 aliphatic heterocycles. The number of aromatic nitrogens is 3. The maximum atomic E-state index is 12.8. The minimum atomic E-state index is -0.123. The predicted molar refractivity (Wildman–Crippen MR) is 111 cm³/mol. The summed E-state index contributed by atoms with van der Waals surface area (Å²) in [5, 5.41) is 3.20. The fraction of sp³-hybridized carbons (Fsp3) is 0.273. The summed E-state index contributed by atoms with van der Waals surface area (Å²) in [5.74, 6) is 0.303. The molecule has 2 aromatic heterocycles. The van der Waals surface area contributed by atoms with E-state index in [9.17, 15) is 4.79 Å². The normalized spacial score (nSPS) is 10.6. The van der Waals surface area contributed by atoms with E-state index in [-0.39, 0.29) is 5.91 Å². The quantitative estimate of drug-likeness (QED) is 0.708. The second kappa shape index (κ2) is 8.61. The minimum Gasteiger partial charge on any atom is -0.340 e. The van der Waals surface area contributed by atoms with Gasteiger partial charge in [-0.25, -0.2) is 9.97 Å². The number of hydrogen-bond donors (Lipinski definition) is 1. The number of amides is 1. The summed E-state index contributed by atoms with van der Waals surface area (Å²) in [6.07, 6.45) is 4.29. The monoisotopic (exact) mass is 375 g/mol. The summed E-state index contributed by atoms with van der Waals surface area (Å²) in [7, 11) is 1.79. The SMILES string of the molecule is Cc1cc(C(=O)N(C)CCc2ccncc2)nc(Nc2ccc(C)c(C)c2)n1. The molecule has 0 unspecified atom stereocenters. The standard InChI is InChI=1S/C22H25N5O/c1-15-5-6-19(13-16(15)2)25-22-24-17(3)14-20(26-22)21(28)27(4)12-9-18-7-10-23-11-8-18/h5-8,10-11,13-14H,9,12H2,1-4H3,(H,24,25,26). The molecule has 0 spiro atoms. The zero-order chi connectivity index (χ0) is 20.1. The van der Waals surface area contributed by atoms with Crippen LogP contribution in [-0.2, 0) is 6.42 Å². The van der Waals surface area contributed by atoms with Crippen molar-refractivity contribution in [2.75, 3.05) is 18.9 Å². The molecule has 3 rings (SSSR count). The van der Waals surface area contributed by atoms with Gasteiger partial charge in [-0.1, -0.05) is 6.07 Å². The second-order valence-electron chi connectivity index (χ2n) is 6.97. The van der Waals surface area contributed by atoms with Crippen LogP contribution in [0.2, 0.25) is 0 Å². The van der Waals surface area contributed by atoms with Gasteiger partial charge in [0.25, 0.3) is 5.91 Å². The Morgan fingerprint density at radius 1 is 1.00 bits per heavy atom. The molecule has 28 heavy (non-hydrogen) atoms. The van der Waals surface area contributed by atoms with E-state index in [1.807, 2.05) is 37.3 Å². The first kappa shape index (κ1) is 19.5. The summed E-state index contributed by atoms with van der Waals surface area (Å²) in [6, 6.07) is 11.7. The van der Waals surface area contributed by atoms with E-state index < -0.39 is 0 Å². The van der Waals surface area contributed by atoms with E-state index in [1.165, 1.54) is 11.1 Å². The average molecular weight is 375 g/mol. The number of rotatable bonds is 6. The van der Waals surface area contributed by atoms with Gasteiger partial charge in [0.1, 0.15) is 5.69 Å². The summed E-state index contributed by atoms with van der Waals surface area (Å²) in [4.78, 5) is 27.4. The lowest BCUT2D eigenvalue weighted by Gasteiger charge is -2.17. The Labute approximate surface area is 165 Å². The van der Waals surface area contributed by atoms with Gasteiger partial charge in [-0.15, -0.1) is 0 Å². The number of anilines is 2. The molecule has 1 aromatic carbocycles. The molecule has 0 atom stereocenters. The van der Waals surface area contributed by atoms with Gasteiger partial charge >= 0.3 is 0 Å². The Balaban J connectivity index is 1.72. The van der Waals surface area contributed by atoms with Crippen molar-refractivity contribution in [2.24, 2.45) is 0 Å². The molecule has 0 saturated carbocycles. The Morgan fingerprint density at radius 2 is 1.75 bits per heavy atom. The van der Waals surface area contributed by atoms with Gasteiger partial charge < -0.3 is 10.2 Å². The molecule has 3 aromatic rings. The van der Waals surface area contributed by atoms with Crippen LogP contribution in [0.3, 0.4) is 0 Å². The lowest BCUT2D eigenvalue weighted by atomic mass is 10.1. The van der Waals surface area contributed by atoms with Gasteiger partial charge in [0.2, 0.25) is 5.95 Å². The number of nitrogens with one attached hydrogen (secondary N) is 1. The van der Waals surface area contributed by atoms with Crippen LogP contribution in [0.5, 0.6) is 0 Å². The fourth-order valence-corrected chi connectivity index (χ4v) is 2.83. The number of benzene rings is 1. The number of nitrogens with zero attached hydrogens (tertiary/aromatic N) is 4. The third-order valence-electron chi connectivity index (χ3n) is 4.67. The molecule has 1 amide bonds. The maximum absolute atomic E-state index is 12.8. The van der Waals surface area contributed by atoms with Gasteiger partial charge in [0.15, 0.2) is 0 Å². The van der Waals surface area contributed by atoms with Crippen molar-refractivity contribution in [2.45, 2.75) is 27.2 Å². The first-order valence-corrected chi connectivity index (χ1v) is 9.26. The fourth-order valence-electron chi connectivity index (χ4n) is 2.83. The van der Waals surface area contributed by atoms with Crippen molar-refractivity contribution in [1.82, 2.24) is 19.9 Å². The Kier molecular flexibility index (Phi) is 5.99. The van der Waals surface area contributed by atoms with Crippen LogP contribution in [-0.4, -0.2) is 39.4 Å². The van der Waals surface area contributed by atoms with Crippen molar-refractivity contribution in [3.05, 3.63) is 76.9 Å². The number of hydrogen-bond acceptors (Lipinski definition) is 5. The first-order chi connectivity index (χ1) is 13.4. The molecular formula is C22H25N5O. The number of carbonyl (C=O) groups is 1. The smallest absolute Gasteiger partial charge is 0.272 e. The molecule has 144 valence electrons. The summed E-state index contributed by atoms with van der Waals surface area (Å²) in [5.41, 5.74) is 5.58. The third kappa shape index (κ3) is 4.91. The molecule has 1 N–H and O–H groups in total. The summed E-state index contributed by atoms with van der Waals surface area (Å²) >= 11 is 0. The largest absolute Gasteiger partial charge is 0.340 e. The van der Waals surface area contributed by atoms with Crippen molar-refractivity contribution in [3.63, 3.8) is 0 Å². The van der Waals surface area contributed by atoms with E-state index in [0.29, 0.717) is 18.2 Å². The number of carbonyl (C=O) groups excluding carboxylic acids is 1. The molecule has 0 saturated heterocycles. The molecule has 0 bridgehead atoms. The third-order valence-corrected chi connectivity index (χ3v) is 4.67. The van der Waals surface area contributed by atoms with Crippen LogP contribution in [0.4, 0.5) is 11.6 Å². The van der Waals surface area contributed by atoms with E-state index in [0.717, 1.165) is 23.4 Å². The van der Waals surface area contributed by atoms with Crippen LogP contribution >= 0.6 is 0 Å². The van der Waals surface area contributed by atoms with Crippen LogP contribution in [0.25, 0.3) is 0 Å². The molecule has 6 nitrogen and oxygen atoms in total. The average Bonchev–Trinajstić information content (AvgIpc) is 2.68. The molecular weight excluding hydrogens is 350 g/mol. The highest BCUT2D eigenvalue weighted by molar-refractivity contribution is 5.92. The molecule has 0 aliphatic rings. The molecule has 0 fully saturated rings. The van der Waals surface area contributed by atoms with Gasteiger partial charge in [0.05, 0.1) is 0 Å². The molecule has 0 radical (unpaired) electrons. The highest BCUT2D eigenvalue weighted by atomic mass is 16.2. The number of pyridine rings is 1. The molecule has 2 heterocycles. The predicted octanol–water partition coefficient (Wildman–Crippen LogP) is 3.86. The number of likely N-dealkylation sites (N-methyl/N-ethyl adjacent to an activating group) is 1. The topological polar surface area (TPSA) is 71.0 Å². The zero-order valence-corrected chi connectivity index (χ0v) is 16.7.